The average molecular weight is 489 g/mol. The van der Waals surface area contributed by atoms with Crippen LogP contribution >= 0.6 is 0 Å². The van der Waals surface area contributed by atoms with Crippen molar-refractivity contribution in [3.05, 3.63) is 64.2 Å². The standard InChI is InChI=1S/C23H28N4O6S/c1-16-13-17(2)15-26(14-16)34(32,33)21-9-5-19(6-10-21)25-22(28)11-12-24-23(29)18-3-7-20(8-4-18)27(30)31/h3-10,16-17H,11-15H2,1-2H3,(H,24,29)(H,25,28). The van der Waals surface area contributed by atoms with Gasteiger partial charge in [0, 0.05) is 49.4 Å². The summed E-state index contributed by atoms with van der Waals surface area (Å²) in [6, 6.07) is 11.2. The zero-order chi connectivity index (χ0) is 24.9. The molecule has 2 unspecified atom stereocenters. The lowest BCUT2D eigenvalue weighted by Crippen LogP contribution is -2.42. The van der Waals surface area contributed by atoms with Gasteiger partial charge >= 0.3 is 0 Å². The molecule has 3 rings (SSSR count). The quantitative estimate of drug-likeness (QED) is 0.433. The van der Waals surface area contributed by atoms with E-state index in [0.717, 1.165) is 6.42 Å². The Morgan fingerprint density at radius 3 is 2.18 bits per heavy atom. The number of benzene rings is 2. The minimum Gasteiger partial charge on any atom is -0.352 e. The van der Waals surface area contributed by atoms with Gasteiger partial charge in [-0.1, -0.05) is 13.8 Å². The maximum atomic E-state index is 13.0. The highest BCUT2D eigenvalue weighted by atomic mass is 32.2. The van der Waals surface area contributed by atoms with Crippen LogP contribution in [0, 0.1) is 22.0 Å². The maximum absolute atomic E-state index is 13.0. The van der Waals surface area contributed by atoms with Crippen LogP contribution in [0.25, 0.3) is 0 Å². The number of rotatable bonds is 8. The minimum atomic E-state index is -3.59. The Balaban J connectivity index is 1.50. The van der Waals surface area contributed by atoms with Gasteiger partial charge in [-0.15, -0.1) is 0 Å². The van der Waals surface area contributed by atoms with Crippen molar-refractivity contribution in [2.24, 2.45) is 11.8 Å². The van der Waals surface area contributed by atoms with Gasteiger partial charge in [0.15, 0.2) is 0 Å². The van der Waals surface area contributed by atoms with Crippen molar-refractivity contribution in [1.82, 2.24) is 9.62 Å². The van der Waals surface area contributed by atoms with Crippen molar-refractivity contribution in [2.45, 2.75) is 31.6 Å². The second kappa shape index (κ2) is 10.7. The number of hydrogen-bond donors (Lipinski definition) is 2. The van der Waals surface area contributed by atoms with Crippen LogP contribution in [0.4, 0.5) is 11.4 Å². The minimum absolute atomic E-state index is 0.00231. The summed E-state index contributed by atoms with van der Waals surface area (Å²) >= 11 is 0. The molecule has 1 aliphatic heterocycles. The second-order valence-electron chi connectivity index (χ2n) is 8.65. The third-order valence-corrected chi connectivity index (χ3v) is 7.43. The summed E-state index contributed by atoms with van der Waals surface area (Å²) in [6.07, 6.45) is 1.01. The molecule has 0 aromatic heterocycles. The number of non-ortho nitro benzene ring substituents is 1. The van der Waals surface area contributed by atoms with E-state index in [1.54, 1.807) is 0 Å². The Bertz CT molecular complexity index is 1140. The van der Waals surface area contributed by atoms with Crippen LogP contribution < -0.4 is 10.6 Å². The first kappa shape index (κ1) is 25.3. The fraction of sp³-hybridized carbons (Fsp3) is 0.391. The van der Waals surface area contributed by atoms with E-state index in [1.807, 2.05) is 13.8 Å². The van der Waals surface area contributed by atoms with E-state index in [0.29, 0.717) is 30.6 Å². The normalized spacial score (nSPS) is 18.8. The topological polar surface area (TPSA) is 139 Å². The van der Waals surface area contributed by atoms with Crippen LogP contribution in [0.2, 0.25) is 0 Å². The van der Waals surface area contributed by atoms with Crippen molar-refractivity contribution >= 4 is 33.2 Å². The van der Waals surface area contributed by atoms with E-state index < -0.39 is 20.9 Å². The Hall–Kier alpha value is -3.31. The number of piperidine rings is 1. The molecule has 1 fully saturated rings. The monoisotopic (exact) mass is 488 g/mol. The van der Waals surface area contributed by atoms with Crippen LogP contribution in [0.5, 0.6) is 0 Å². The molecule has 10 nitrogen and oxygen atoms in total. The van der Waals surface area contributed by atoms with E-state index in [2.05, 4.69) is 10.6 Å². The lowest BCUT2D eigenvalue weighted by atomic mass is 9.94. The lowest BCUT2D eigenvalue weighted by Gasteiger charge is -2.34. The predicted octanol–water partition coefficient (Wildman–Crippen LogP) is 3.02. The molecule has 2 atom stereocenters. The summed E-state index contributed by atoms with van der Waals surface area (Å²) in [4.78, 5) is 34.6. The molecule has 2 amide bonds. The Morgan fingerprint density at radius 2 is 1.62 bits per heavy atom. The van der Waals surface area contributed by atoms with Gasteiger partial charge in [0.05, 0.1) is 9.82 Å². The Kier molecular flexibility index (Phi) is 8.00. The first-order chi connectivity index (χ1) is 16.1. The number of sulfonamides is 1. The molecule has 0 spiro atoms. The largest absolute Gasteiger partial charge is 0.352 e. The first-order valence-corrected chi connectivity index (χ1v) is 12.4. The highest BCUT2D eigenvalue weighted by Gasteiger charge is 2.31. The predicted molar refractivity (Wildman–Crippen MR) is 127 cm³/mol. The Morgan fingerprint density at radius 1 is 1.03 bits per heavy atom. The van der Waals surface area contributed by atoms with Gasteiger partial charge in [-0.2, -0.15) is 4.31 Å². The zero-order valence-corrected chi connectivity index (χ0v) is 19.9. The molecule has 0 radical (unpaired) electrons. The summed E-state index contributed by atoms with van der Waals surface area (Å²) in [5.74, 6) is -0.187. The number of anilines is 1. The summed E-state index contributed by atoms with van der Waals surface area (Å²) in [6.45, 7) is 5.16. The first-order valence-electron chi connectivity index (χ1n) is 11.0. The summed E-state index contributed by atoms with van der Waals surface area (Å²) in [5, 5.41) is 15.9. The molecule has 0 saturated carbocycles. The fourth-order valence-electron chi connectivity index (χ4n) is 4.01. The lowest BCUT2D eigenvalue weighted by molar-refractivity contribution is -0.384. The zero-order valence-electron chi connectivity index (χ0n) is 19.1. The highest BCUT2D eigenvalue weighted by Crippen LogP contribution is 2.27. The third kappa shape index (κ3) is 6.39. The van der Waals surface area contributed by atoms with Gasteiger partial charge < -0.3 is 10.6 Å². The number of nitro benzene ring substituents is 1. The number of carbonyl (C=O) groups excluding carboxylic acids is 2. The van der Waals surface area contributed by atoms with E-state index in [9.17, 15) is 28.1 Å². The molecular formula is C23H28N4O6S. The highest BCUT2D eigenvalue weighted by molar-refractivity contribution is 7.89. The summed E-state index contributed by atoms with van der Waals surface area (Å²) in [5.41, 5.74) is 0.584. The molecule has 34 heavy (non-hydrogen) atoms. The summed E-state index contributed by atoms with van der Waals surface area (Å²) in [7, 11) is -3.59. The van der Waals surface area contributed by atoms with Crippen LogP contribution in [0.3, 0.4) is 0 Å². The van der Waals surface area contributed by atoms with Gasteiger partial charge in [-0.05, 0) is 54.7 Å². The van der Waals surface area contributed by atoms with Crippen molar-refractivity contribution in [2.75, 3.05) is 25.0 Å². The Labute approximate surface area is 198 Å². The molecular weight excluding hydrogens is 460 g/mol. The van der Waals surface area contributed by atoms with E-state index in [4.69, 9.17) is 0 Å². The number of nitro groups is 1. The average Bonchev–Trinajstić information content (AvgIpc) is 2.78. The number of amides is 2. The van der Waals surface area contributed by atoms with E-state index in [1.165, 1.54) is 52.8 Å². The fourth-order valence-corrected chi connectivity index (χ4v) is 5.69. The summed E-state index contributed by atoms with van der Waals surface area (Å²) < 4.78 is 27.4. The molecule has 1 heterocycles. The van der Waals surface area contributed by atoms with Crippen LogP contribution in [0.1, 0.15) is 37.0 Å². The number of carbonyl (C=O) groups is 2. The number of nitrogens with zero attached hydrogens (tertiary/aromatic N) is 2. The molecule has 1 aliphatic rings. The number of hydrogen-bond acceptors (Lipinski definition) is 6. The SMILES string of the molecule is CC1CC(C)CN(S(=O)(=O)c2ccc(NC(=O)CCNC(=O)c3ccc([N+](=O)[O-])cc3)cc2)C1. The van der Waals surface area contributed by atoms with E-state index >= 15 is 0 Å². The van der Waals surface area contributed by atoms with Crippen LogP contribution in [-0.2, 0) is 14.8 Å². The van der Waals surface area contributed by atoms with E-state index in [-0.39, 0.29) is 35.0 Å². The van der Waals surface area contributed by atoms with Crippen LogP contribution in [0.15, 0.2) is 53.4 Å². The molecule has 0 aliphatic carbocycles. The third-order valence-electron chi connectivity index (χ3n) is 5.59. The van der Waals surface area contributed by atoms with Crippen molar-refractivity contribution in [3.63, 3.8) is 0 Å². The molecule has 1 saturated heterocycles. The number of nitrogens with one attached hydrogen (secondary N) is 2. The van der Waals surface area contributed by atoms with Gasteiger partial charge in [-0.3, -0.25) is 19.7 Å². The molecule has 2 N–H and O–H groups in total. The van der Waals surface area contributed by atoms with Gasteiger partial charge in [0.1, 0.15) is 0 Å². The molecule has 0 bridgehead atoms. The van der Waals surface area contributed by atoms with Gasteiger partial charge in [0.2, 0.25) is 15.9 Å². The van der Waals surface area contributed by atoms with Gasteiger partial charge in [-0.25, -0.2) is 8.42 Å². The van der Waals surface area contributed by atoms with Crippen molar-refractivity contribution in [3.8, 4) is 0 Å². The maximum Gasteiger partial charge on any atom is 0.269 e. The van der Waals surface area contributed by atoms with Crippen molar-refractivity contribution < 1.29 is 22.9 Å². The van der Waals surface area contributed by atoms with Crippen molar-refractivity contribution in [1.29, 1.82) is 0 Å². The smallest absolute Gasteiger partial charge is 0.269 e. The molecule has 182 valence electrons. The van der Waals surface area contributed by atoms with Gasteiger partial charge in [0.25, 0.3) is 11.6 Å². The molecule has 2 aromatic carbocycles. The second-order valence-corrected chi connectivity index (χ2v) is 10.6. The molecule has 11 heteroatoms. The van der Waals surface area contributed by atoms with Crippen LogP contribution in [-0.4, -0.2) is 49.1 Å². The molecule has 2 aromatic rings.